The maximum absolute atomic E-state index is 8.73. The first-order valence-electron chi connectivity index (χ1n) is 6.68. The number of benzene rings is 1. The zero-order valence-electron chi connectivity index (χ0n) is 12.3. The number of anilines is 1. The van der Waals surface area contributed by atoms with Crippen LogP contribution < -0.4 is 11.1 Å². The molecule has 1 aromatic rings. The van der Waals surface area contributed by atoms with Crippen molar-refractivity contribution in [3.05, 3.63) is 29.8 Å². The largest absolute Gasteiger partial charge is 0.409 e. The van der Waals surface area contributed by atoms with Crippen molar-refractivity contribution in [1.29, 1.82) is 0 Å². The van der Waals surface area contributed by atoms with Gasteiger partial charge >= 0.3 is 0 Å². The molecule has 1 aromatic carbocycles. The minimum atomic E-state index is -0.308. The van der Waals surface area contributed by atoms with Crippen LogP contribution in [0.4, 0.5) is 5.69 Å². The highest BCUT2D eigenvalue weighted by molar-refractivity contribution is 5.85. The molecule has 0 radical (unpaired) electrons. The quantitative estimate of drug-likeness (QED) is 0.319. The summed E-state index contributed by atoms with van der Waals surface area (Å²) in [4.78, 5) is 0. The normalized spacial score (nSPS) is 12.8. The first-order valence-corrected chi connectivity index (χ1v) is 6.68. The number of amidine groups is 1. The van der Waals surface area contributed by atoms with E-state index < -0.39 is 0 Å². The lowest BCUT2D eigenvalue weighted by atomic mass is 9.88. The van der Waals surface area contributed by atoms with E-state index in [0.717, 1.165) is 18.7 Å². The van der Waals surface area contributed by atoms with Gasteiger partial charge in [0.05, 0.1) is 0 Å². The molecule has 106 valence electrons. The molecule has 0 saturated heterocycles. The van der Waals surface area contributed by atoms with Gasteiger partial charge in [-0.15, -0.1) is 0 Å². The highest BCUT2D eigenvalue weighted by Gasteiger charge is 2.22. The van der Waals surface area contributed by atoms with Crippen LogP contribution in [0.25, 0.3) is 0 Å². The predicted octanol–water partition coefficient (Wildman–Crippen LogP) is 3.38. The van der Waals surface area contributed by atoms with Crippen molar-refractivity contribution in [2.75, 3.05) is 11.9 Å². The Kier molecular flexibility index (Phi) is 5.21. The number of hydrogen-bond donors (Lipinski definition) is 3. The Morgan fingerprint density at radius 2 is 2.11 bits per heavy atom. The fourth-order valence-corrected chi connectivity index (χ4v) is 1.79. The van der Waals surface area contributed by atoms with Gasteiger partial charge in [-0.25, -0.2) is 0 Å². The standard InChI is InChI=1S/C15H25N3O/c1-11(2)12-6-5-7-13(10-12)17-9-8-15(3,4)14(16)18-19/h5-7,10-11,17,19H,8-9H2,1-4H3,(H2,16,18). The highest BCUT2D eigenvalue weighted by atomic mass is 16.4. The molecule has 0 aliphatic carbocycles. The maximum atomic E-state index is 8.73. The van der Waals surface area contributed by atoms with Gasteiger partial charge in [0.15, 0.2) is 0 Å². The lowest BCUT2D eigenvalue weighted by Gasteiger charge is -2.23. The van der Waals surface area contributed by atoms with Gasteiger partial charge in [0, 0.05) is 17.6 Å². The topological polar surface area (TPSA) is 70.6 Å². The van der Waals surface area contributed by atoms with Crippen LogP contribution in [0.5, 0.6) is 0 Å². The van der Waals surface area contributed by atoms with Crippen LogP contribution in [0.2, 0.25) is 0 Å². The second kappa shape index (κ2) is 6.45. The molecular formula is C15H25N3O. The molecule has 0 spiro atoms. The third-order valence-electron chi connectivity index (χ3n) is 3.43. The van der Waals surface area contributed by atoms with Crippen LogP contribution in [0.3, 0.4) is 0 Å². The van der Waals surface area contributed by atoms with Crippen LogP contribution in [-0.4, -0.2) is 17.6 Å². The van der Waals surface area contributed by atoms with E-state index in [9.17, 15) is 0 Å². The molecular weight excluding hydrogens is 238 g/mol. The van der Waals surface area contributed by atoms with Gasteiger partial charge in [0.1, 0.15) is 5.84 Å². The van der Waals surface area contributed by atoms with Gasteiger partial charge in [0.25, 0.3) is 0 Å². The molecule has 19 heavy (non-hydrogen) atoms. The van der Waals surface area contributed by atoms with Crippen LogP contribution >= 0.6 is 0 Å². The molecule has 4 N–H and O–H groups in total. The molecule has 4 nitrogen and oxygen atoms in total. The van der Waals surface area contributed by atoms with E-state index in [1.807, 2.05) is 13.8 Å². The Bertz CT molecular complexity index is 439. The van der Waals surface area contributed by atoms with E-state index in [1.54, 1.807) is 0 Å². The molecule has 0 fully saturated rings. The Morgan fingerprint density at radius 1 is 1.42 bits per heavy atom. The Hall–Kier alpha value is -1.71. The highest BCUT2D eigenvalue weighted by Crippen LogP contribution is 2.22. The zero-order valence-corrected chi connectivity index (χ0v) is 12.3. The second-order valence-electron chi connectivity index (χ2n) is 5.83. The molecule has 0 amide bonds. The van der Waals surface area contributed by atoms with Gasteiger partial charge < -0.3 is 16.3 Å². The molecule has 0 aliphatic rings. The number of nitrogens with one attached hydrogen (secondary N) is 1. The van der Waals surface area contributed by atoms with Crippen molar-refractivity contribution in [2.24, 2.45) is 16.3 Å². The van der Waals surface area contributed by atoms with Crippen molar-refractivity contribution in [3.63, 3.8) is 0 Å². The van der Waals surface area contributed by atoms with Gasteiger partial charge in [-0.1, -0.05) is 45.0 Å². The fraction of sp³-hybridized carbons (Fsp3) is 0.533. The summed E-state index contributed by atoms with van der Waals surface area (Å²) in [5.74, 6) is 0.792. The number of rotatable bonds is 6. The summed E-state index contributed by atoms with van der Waals surface area (Å²) >= 11 is 0. The van der Waals surface area contributed by atoms with Gasteiger partial charge in [-0.3, -0.25) is 0 Å². The summed E-state index contributed by atoms with van der Waals surface area (Å²) in [7, 11) is 0. The van der Waals surface area contributed by atoms with E-state index >= 15 is 0 Å². The third-order valence-corrected chi connectivity index (χ3v) is 3.43. The third kappa shape index (κ3) is 4.47. The smallest absolute Gasteiger partial charge is 0.144 e. The molecule has 1 rings (SSSR count). The van der Waals surface area contributed by atoms with Gasteiger partial charge in [-0.2, -0.15) is 0 Å². The minimum absolute atomic E-state index is 0.269. The minimum Gasteiger partial charge on any atom is -0.409 e. The molecule has 0 aromatic heterocycles. The second-order valence-corrected chi connectivity index (χ2v) is 5.83. The maximum Gasteiger partial charge on any atom is 0.144 e. The Morgan fingerprint density at radius 3 is 2.68 bits per heavy atom. The molecule has 0 aliphatic heterocycles. The van der Waals surface area contributed by atoms with E-state index in [1.165, 1.54) is 5.56 Å². The number of nitrogens with zero attached hydrogens (tertiary/aromatic N) is 1. The molecule has 0 heterocycles. The number of oxime groups is 1. The first kappa shape index (κ1) is 15.3. The van der Waals surface area contributed by atoms with Gasteiger partial charge in [0.2, 0.25) is 0 Å². The Balaban J connectivity index is 2.56. The van der Waals surface area contributed by atoms with Crippen molar-refractivity contribution >= 4 is 11.5 Å². The molecule has 4 heteroatoms. The average Bonchev–Trinajstić information content (AvgIpc) is 2.37. The summed E-state index contributed by atoms with van der Waals surface area (Å²) in [6.07, 6.45) is 0.800. The SMILES string of the molecule is CC(C)c1cccc(NCCC(C)(C)C(N)=NO)c1. The monoisotopic (exact) mass is 263 g/mol. The van der Waals surface area contributed by atoms with E-state index in [-0.39, 0.29) is 11.3 Å². The predicted molar refractivity (Wildman–Crippen MR) is 80.8 cm³/mol. The van der Waals surface area contributed by atoms with E-state index in [0.29, 0.717) is 5.92 Å². The van der Waals surface area contributed by atoms with Crippen LogP contribution in [0.15, 0.2) is 29.4 Å². The summed E-state index contributed by atoms with van der Waals surface area (Å²) in [6.45, 7) is 9.08. The molecule has 0 bridgehead atoms. The van der Waals surface area contributed by atoms with Crippen molar-refractivity contribution in [3.8, 4) is 0 Å². The zero-order chi connectivity index (χ0) is 14.5. The molecule has 0 unspecified atom stereocenters. The van der Waals surface area contributed by atoms with Crippen LogP contribution in [-0.2, 0) is 0 Å². The van der Waals surface area contributed by atoms with Crippen molar-refractivity contribution in [2.45, 2.75) is 40.0 Å². The number of nitrogens with two attached hydrogens (primary N) is 1. The Labute approximate surface area is 115 Å². The van der Waals surface area contributed by atoms with Crippen molar-refractivity contribution < 1.29 is 5.21 Å². The molecule has 0 saturated carbocycles. The fourth-order valence-electron chi connectivity index (χ4n) is 1.79. The van der Waals surface area contributed by atoms with Gasteiger partial charge in [-0.05, 0) is 30.0 Å². The molecule has 0 atom stereocenters. The average molecular weight is 263 g/mol. The summed E-state index contributed by atoms with van der Waals surface area (Å²) < 4.78 is 0. The first-order chi connectivity index (χ1) is 8.86. The number of hydrogen-bond acceptors (Lipinski definition) is 3. The van der Waals surface area contributed by atoms with Crippen LogP contribution in [0.1, 0.15) is 45.6 Å². The van der Waals surface area contributed by atoms with Crippen LogP contribution in [0, 0.1) is 5.41 Å². The van der Waals surface area contributed by atoms with E-state index in [2.05, 4.69) is 48.6 Å². The lowest BCUT2D eigenvalue weighted by molar-refractivity contribution is 0.306. The van der Waals surface area contributed by atoms with E-state index in [4.69, 9.17) is 10.9 Å². The summed E-state index contributed by atoms with van der Waals surface area (Å²) in [6, 6.07) is 8.42. The summed E-state index contributed by atoms with van der Waals surface area (Å²) in [5.41, 5.74) is 7.79. The lowest BCUT2D eigenvalue weighted by Crippen LogP contribution is -2.33. The van der Waals surface area contributed by atoms with Crippen molar-refractivity contribution in [1.82, 2.24) is 0 Å². The summed E-state index contributed by atoms with van der Waals surface area (Å²) in [5, 5.41) is 15.2.